The van der Waals surface area contributed by atoms with Crippen LogP contribution in [0.1, 0.15) is 27.2 Å². The molecule has 0 fully saturated rings. The third-order valence-electron chi connectivity index (χ3n) is 1.86. The second kappa shape index (κ2) is 11.5. The number of nitrogens with zero attached hydrogens (tertiary/aromatic N) is 1. The van der Waals surface area contributed by atoms with Crippen LogP contribution < -0.4 is 5.32 Å². The monoisotopic (exact) mass is 216 g/mol. The standard InChI is InChI=1S/C11H24N2O2/c1-4-11(12-7-9-14-5-2)13-8-10-15-6-3/h4-10H2,1-3H3,(H,12,13). The first-order valence-electron chi connectivity index (χ1n) is 5.77. The van der Waals surface area contributed by atoms with Gasteiger partial charge in [0.15, 0.2) is 0 Å². The van der Waals surface area contributed by atoms with Gasteiger partial charge in [0.2, 0.25) is 0 Å². The molecule has 0 spiro atoms. The highest BCUT2D eigenvalue weighted by Crippen LogP contribution is 1.84. The molecule has 15 heavy (non-hydrogen) atoms. The molecule has 1 N–H and O–H groups in total. The molecule has 0 aliphatic heterocycles. The highest BCUT2D eigenvalue weighted by molar-refractivity contribution is 5.81. The van der Waals surface area contributed by atoms with Crippen LogP contribution in [0.3, 0.4) is 0 Å². The van der Waals surface area contributed by atoms with E-state index < -0.39 is 0 Å². The predicted molar refractivity (Wildman–Crippen MR) is 63.6 cm³/mol. The van der Waals surface area contributed by atoms with Crippen molar-refractivity contribution in [2.45, 2.75) is 27.2 Å². The fourth-order valence-corrected chi connectivity index (χ4v) is 1.09. The van der Waals surface area contributed by atoms with Gasteiger partial charge in [0.1, 0.15) is 0 Å². The Morgan fingerprint density at radius 3 is 2.33 bits per heavy atom. The molecule has 0 aromatic carbocycles. The summed E-state index contributed by atoms with van der Waals surface area (Å²) in [7, 11) is 0. The Balaban J connectivity index is 3.51. The summed E-state index contributed by atoms with van der Waals surface area (Å²) in [5.74, 6) is 1.04. The van der Waals surface area contributed by atoms with Crippen molar-refractivity contribution in [1.82, 2.24) is 5.32 Å². The molecule has 0 aliphatic rings. The number of aliphatic imine (C=N–C) groups is 1. The van der Waals surface area contributed by atoms with Crippen molar-refractivity contribution in [2.24, 2.45) is 4.99 Å². The van der Waals surface area contributed by atoms with E-state index in [0.29, 0.717) is 6.61 Å². The van der Waals surface area contributed by atoms with Crippen molar-refractivity contribution in [3.63, 3.8) is 0 Å². The van der Waals surface area contributed by atoms with Gasteiger partial charge in [0.25, 0.3) is 0 Å². The lowest BCUT2D eigenvalue weighted by molar-refractivity contribution is 0.152. The van der Waals surface area contributed by atoms with Gasteiger partial charge in [-0.25, -0.2) is 0 Å². The maximum absolute atomic E-state index is 5.23. The summed E-state index contributed by atoms with van der Waals surface area (Å²) in [6.45, 7) is 10.6. The van der Waals surface area contributed by atoms with Crippen molar-refractivity contribution >= 4 is 5.84 Å². The molecule has 0 bridgehead atoms. The third-order valence-corrected chi connectivity index (χ3v) is 1.86. The van der Waals surface area contributed by atoms with E-state index in [-0.39, 0.29) is 0 Å². The Kier molecular flexibility index (Phi) is 11.0. The lowest BCUT2D eigenvalue weighted by atomic mass is 10.4. The molecule has 0 radical (unpaired) electrons. The van der Waals surface area contributed by atoms with E-state index in [1.54, 1.807) is 0 Å². The van der Waals surface area contributed by atoms with Gasteiger partial charge in [-0.05, 0) is 13.8 Å². The predicted octanol–water partition coefficient (Wildman–Crippen LogP) is 1.46. The van der Waals surface area contributed by atoms with Crippen LogP contribution in [0.4, 0.5) is 0 Å². The van der Waals surface area contributed by atoms with E-state index >= 15 is 0 Å². The molecule has 0 atom stereocenters. The quantitative estimate of drug-likeness (QED) is 0.360. The summed E-state index contributed by atoms with van der Waals surface area (Å²) in [6, 6.07) is 0. The summed E-state index contributed by atoms with van der Waals surface area (Å²) in [6.07, 6.45) is 0.929. The average Bonchev–Trinajstić information content (AvgIpc) is 2.27. The SMILES string of the molecule is CCOCCN=C(CC)NCCOCC. The van der Waals surface area contributed by atoms with E-state index in [0.717, 1.165) is 45.2 Å². The van der Waals surface area contributed by atoms with Crippen molar-refractivity contribution in [3.8, 4) is 0 Å². The summed E-state index contributed by atoms with van der Waals surface area (Å²) >= 11 is 0. The minimum atomic E-state index is 0.702. The van der Waals surface area contributed by atoms with Crippen LogP contribution in [-0.4, -0.2) is 45.4 Å². The Bertz CT molecular complexity index is 161. The second-order valence-electron chi connectivity index (χ2n) is 3.00. The molecule has 0 saturated heterocycles. The maximum Gasteiger partial charge on any atom is 0.0962 e. The summed E-state index contributed by atoms with van der Waals surface area (Å²) < 4.78 is 10.4. The molecular formula is C11H24N2O2. The van der Waals surface area contributed by atoms with Crippen molar-refractivity contribution < 1.29 is 9.47 Å². The van der Waals surface area contributed by atoms with Gasteiger partial charge in [0, 0.05) is 26.2 Å². The number of rotatable bonds is 9. The van der Waals surface area contributed by atoms with E-state index in [9.17, 15) is 0 Å². The van der Waals surface area contributed by atoms with Crippen molar-refractivity contribution in [1.29, 1.82) is 0 Å². The summed E-state index contributed by atoms with van der Waals surface area (Å²) in [4.78, 5) is 4.40. The van der Waals surface area contributed by atoms with Crippen LogP contribution in [-0.2, 0) is 9.47 Å². The minimum Gasteiger partial charge on any atom is -0.380 e. The highest BCUT2D eigenvalue weighted by Gasteiger charge is 1.94. The van der Waals surface area contributed by atoms with E-state index in [1.165, 1.54) is 0 Å². The second-order valence-corrected chi connectivity index (χ2v) is 3.00. The molecule has 0 aromatic rings. The number of nitrogens with one attached hydrogen (secondary N) is 1. The zero-order valence-electron chi connectivity index (χ0n) is 10.2. The van der Waals surface area contributed by atoms with Crippen LogP contribution in [0.15, 0.2) is 4.99 Å². The van der Waals surface area contributed by atoms with Crippen LogP contribution in [0.25, 0.3) is 0 Å². The Morgan fingerprint density at radius 1 is 1.07 bits per heavy atom. The highest BCUT2D eigenvalue weighted by atomic mass is 16.5. The van der Waals surface area contributed by atoms with Gasteiger partial charge in [-0.1, -0.05) is 6.92 Å². The lowest BCUT2D eigenvalue weighted by Crippen LogP contribution is -2.27. The smallest absolute Gasteiger partial charge is 0.0962 e. The number of ether oxygens (including phenoxy) is 2. The zero-order chi connectivity index (χ0) is 11.4. The van der Waals surface area contributed by atoms with Crippen molar-refractivity contribution in [3.05, 3.63) is 0 Å². The zero-order valence-corrected chi connectivity index (χ0v) is 10.2. The molecule has 90 valence electrons. The molecule has 0 aliphatic carbocycles. The molecule has 0 unspecified atom stereocenters. The Labute approximate surface area is 93.1 Å². The topological polar surface area (TPSA) is 42.8 Å². The Hall–Kier alpha value is -0.610. The van der Waals surface area contributed by atoms with Crippen LogP contribution >= 0.6 is 0 Å². The van der Waals surface area contributed by atoms with Crippen LogP contribution in [0, 0.1) is 0 Å². The molecule has 0 rings (SSSR count). The van der Waals surface area contributed by atoms with Gasteiger partial charge >= 0.3 is 0 Å². The average molecular weight is 216 g/mol. The number of amidine groups is 1. The fourth-order valence-electron chi connectivity index (χ4n) is 1.09. The molecule has 0 heterocycles. The molecule has 0 aromatic heterocycles. The first kappa shape index (κ1) is 14.4. The molecule has 4 heteroatoms. The van der Waals surface area contributed by atoms with Crippen LogP contribution in [0.2, 0.25) is 0 Å². The van der Waals surface area contributed by atoms with Gasteiger partial charge in [-0.15, -0.1) is 0 Å². The van der Waals surface area contributed by atoms with Gasteiger partial charge < -0.3 is 14.8 Å². The third kappa shape index (κ3) is 9.69. The summed E-state index contributed by atoms with van der Waals surface area (Å²) in [5, 5.41) is 3.25. The largest absolute Gasteiger partial charge is 0.380 e. The number of hydrogen-bond acceptors (Lipinski definition) is 3. The van der Waals surface area contributed by atoms with Gasteiger partial charge in [-0.2, -0.15) is 0 Å². The molecule has 4 nitrogen and oxygen atoms in total. The first-order valence-corrected chi connectivity index (χ1v) is 5.77. The van der Waals surface area contributed by atoms with Crippen LogP contribution in [0.5, 0.6) is 0 Å². The lowest BCUT2D eigenvalue weighted by Gasteiger charge is -2.08. The fraction of sp³-hybridized carbons (Fsp3) is 0.909. The van der Waals surface area contributed by atoms with E-state index in [2.05, 4.69) is 17.2 Å². The summed E-state index contributed by atoms with van der Waals surface area (Å²) in [5.41, 5.74) is 0. The van der Waals surface area contributed by atoms with E-state index in [4.69, 9.17) is 9.47 Å². The van der Waals surface area contributed by atoms with Gasteiger partial charge in [-0.3, -0.25) is 4.99 Å². The van der Waals surface area contributed by atoms with Gasteiger partial charge in [0.05, 0.1) is 25.6 Å². The molecule has 0 amide bonds. The number of hydrogen-bond donors (Lipinski definition) is 1. The maximum atomic E-state index is 5.23. The van der Waals surface area contributed by atoms with E-state index in [1.807, 2.05) is 13.8 Å². The normalized spacial score (nSPS) is 11.8. The minimum absolute atomic E-state index is 0.702. The Morgan fingerprint density at radius 2 is 1.73 bits per heavy atom. The molecule has 0 saturated carbocycles. The first-order chi connectivity index (χ1) is 7.35. The molecular weight excluding hydrogens is 192 g/mol. The van der Waals surface area contributed by atoms with Crippen molar-refractivity contribution in [2.75, 3.05) is 39.5 Å².